The Balaban J connectivity index is 1.98. The van der Waals surface area contributed by atoms with Crippen molar-refractivity contribution in [3.05, 3.63) is 12.2 Å². The van der Waals surface area contributed by atoms with E-state index in [4.69, 9.17) is 5.73 Å². The zero-order valence-electron chi connectivity index (χ0n) is 9.43. The van der Waals surface area contributed by atoms with Gasteiger partial charge in [-0.1, -0.05) is 0 Å². The lowest BCUT2D eigenvalue weighted by Crippen LogP contribution is -2.28. The first kappa shape index (κ1) is 10.6. The highest BCUT2D eigenvalue weighted by molar-refractivity contribution is 4.90. The maximum Gasteiger partial charge on any atom is 0.146 e. The second-order valence-corrected chi connectivity index (χ2v) is 4.47. The Labute approximate surface area is 90.3 Å². The second-order valence-electron chi connectivity index (χ2n) is 4.47. The first-order valence-electron chi connectivity index (χ1n) is 5.47. The Bertz CT molecular complexity index is 321. The predicted octanol–water partition coefficient (Wildman–Crippen LogP) is -0.0158. The molecule has 1 aliphatic rings. The summed E-state index contributed by atoms with van der Waals surface area (Å²) in [7, 11) is 1.98. The molecule has 0 aliphatic carbocycles. The highest BCUT2D eigenvalue weighted by atomic mass is 15.3. The Hall–Kier alpha value is -0.940. The van der Waals surface area contributed by atoms with Crippen LogP contribution in [0.3, 0.4) is 0 Å². The van der Waals surface area contributed by atoms with E-state index in [1.165, 1.54) is 6.42 Å². The first-order valence-corrected chi connectivity index (χ1v) is 5.47. The minimum Gasteiger partial charge on any atom is -0.330 e. The highest BCUT2D eigenvalue weighted by Gasteiger charge is 2.28. The van der Waals surface area contributed by atoms with E-state index in [0.29, 0.717) is 12.0 Å². The lowest BCUT2D eigenvalue weighted by atomic mass is 10.1. The van der Waals surface area contributed by atoms with Gasteiger partial charge in [-0.05, 0) is 25.8 Å². The van der Waals surface area contributed by atoms with Crippen molar-refractivity contribution in [2.24, 2.45) is 18.7 Å². The van der Waals surface area contributed by atoms with Crippen LogP contribution in [0.1, 0.15) is 19.2 Å². The van der Waals surface area contributed by atoms with Gasteiger partial charge < -0.3 is 10.3 Å². The number of aromatic nitrogens is 3. The molecule has 2 rings (SSSR count). The van der Waals surface area contributed by atoms with Gasteiger partial charge in [-0.25, -0.2) is 0 Å². The summed E-state index contributed by atoms with van der Waals surface area (Å²) in [6.07, 6.45) is 2.95. The van der Waals surface area contributed by atoms with Crippen molar-refractivity contribution in [1.82, 2.24) is 19.7 Å². The van der Waals surface area contributed by atoms with Crippen molar-refractivity contribution in [1.29, 1.82) is 0 Å². The largest absolute Gasteiger partial charge is 0.330 e. The molecule has 84 valence electrons. The van der Waals surface area contributed by atoms with E-state index in [9.17, 15) is 0 Å². The molecule has 1 aliphatic heterocycles. The quantitative estimate of drug-likeness (QED) is 0.760. The van der Waals surface area contributed by atoms with Crippen LogP contribution in [0.25, 0.3) is 0 Å². The van der Waals surface area contributed by atoms with Crippen molar-refractivity contribution >= 4 is 0 Å². The molecular weight excluding hydrogens is 190 g/mol. The van der Waals surface area contributed by atoms with Gasteiger partial charge in [0, 0.05) is 19.6 Å². The van der Waals surface area contributed by atoms with E-state index in [1.807, 2.05) is 11.6 Å². The molecule has 2 N–H and O–H groups in total. The van der Waals surface area contributed by atoms with E-state index >= 15 is 0 Å². The first-order chi connectivity index (χ1) is 7.20. The van der Waals surface area contributed by atoms with Gasteiger partial charge in [-0.15, -0.1) is 10.2 Å². The SMILES string of the molecule is CC1CC(CN)CN1Cc1nncn1C. The van der Waals surface area contributed by atoms with Crippen LogP contribution in [0, 0.1) is 5.92 Å². The molecule has 2 unspecified atom stereocenters. The Kier molecular flexibility index (Phi) is 3.02. The molecule has 5 nitrogen and oxygen atoms in total. The van der Waals surface area contributed by atoms with Crippen LogP contribution < -0.4 is 5.73 Å². The van der Waals surface area contributed by atoms with Crippen molar-refractivity contribution < 1.29 is 0 Å². The third-order valence-corrected chi connectivity index (χ3v) is 3.27. The zero-order valence-corrected chi connectivity index (χ0v) is 9.43. The standard InChI is InChI=1S/C10H19N5/c1-8-3-9(4-11)5-15(8)6-10-13-12-7-14(10)2/h7-9H,3-6,11H2,1-2H3. The molecule has 0 spiro atoms. The van der Waals surface area contributed by atoms with Crippen molar-refractivity contribution in [3.8, 4) is 0 Å². The lowest BCUT2D eigenvalue weighted by molar-refractivity contribution is 0.246. The molecule has 1 aromatic rings. The normalized spacial score (nSPS) is 27.4. The van der Waals surface area contributed by atoms with Gasteiger partial charge in [0.05, 0.1) is 6.54 Å². The zero-order chi connectivity index (χ0) is 10.8. The number of aryl methyl sites for hydroxylation is 1. The van der Waals surface area contributed by atoms with Crippen LogP contribution in [0.15, 0.2) is 6.33 Å². The third-order valence-electron chi connectivity index (χ3n) is 3.27. The molecule has 15 heavy (non-hydrogen) atoms. The fourth-order valence-electron chi connectivity index (χ4n) is 2.24. The number of nitrogens with two attached hydrogens (primary N) is 1. The number of hydrogen-bond donors (Lipinski definition) is 1. The van der Waals surface area contributed by atoms with Crippen LogP contribution in [0.5, 0.6) is 0 Å². The van der Waals surface area contributed by atoms with E-state index in [0.717, 1.165) is 25.5 Å². The van der Waals surface area contributed by atoms with Gasteiger partial charge >= 0.3 is 0 Å². The molecular formula is C10H19N5. The molecule has 1 aromatic heterocycles. The summed E-state index contributed by atoms with van der Waals surface area (Å²) >= 11 is 0. The van der Waals surface area contributed by atoms with Crippen LogP contribution in [-0.2, 0) is 13.6 Å². The summed E-state index contributed by atoms with van der Waals surface area (Å²) in [5, 5.41) is 7.99. The maximum absolute atomic E-state index is 5.70. The number of hydrogen-bond acceptors (Lipinski definition) is 4. The van der Waals surface area contributed by atoms with Crippen LogP contribution in [-0.4, -0.2) is 38.8 Å². The molecule has 2 atom stereocenters. The average molecular weight is 209 g/mol. The smallest absolute Gasteiger partial charge is 0.146 e. The summed E-state index contributed by atoms with van der Waals surface area (Å²) in [4.78, 5) is 2.43. The van der Waals surface area contributed by atoms with E-state index in [-0.39, 0.29) is 0 Å². The van der Waals surface area contributed by atoms with E-state index in [2.05, 4.69) is 22.0 Å². The van der Waals surface area contributed by atoms with E-state index in [1.54, 1.807) is 6.33 Å². The molecule has 1 saturated heterocycles. The van der Waals surface area contributed by atoms with Crippen molar-refractivity contribution in [2.45, 2.75) is 25.9 Å². The summed E-state index contributed by atoms with van der Waals surface area (Å²) < 4.78 is 1.97. The molecule has 1 fully saturated rings. The molecule has 0 saturated carbocycles. The highest BCUT2D eigenvalue weighted by Crippen LogP contribution is 2.23. The van der Waals surface area contributed by atoms with Gasteiger partial charge in [0.1, 0.15) is 12.2 Å². The monoisotopic (exact) mass is 209 g/mol. The van der Waals surface area contributed by atoms with E-state index < -0.39 is 0 Å². The number of nitrogens with zero attached hydrogens (tertiary/aromatic N) is 4. The summed E-state index contributed by atoms with van der Waals surface area (Å²) in [5.74, 6) is 1.67. The number of rotatable bonds is 3. The second kappa shape index (κ2) is 4.28. The van der Waals surface area contributed by atoms with Crippen LogP contribution in [0.4, 0.5) is 0 Å². The molecule has 2 heterocycles. The van der Waals surface area contributed by atoms with Crippen molar-refractivity contribution in [3.63, 3.8) is 0 Å². The Morgan fingerprint density at radius 3 is 2.93 bits per heavy atom. The predicted molar refractivity (Wildman–Crippen MR) is 58.0 cm³/mol. The topological polar surface area (TPSA) is 60.0 Å². The summed E-state index contributed by atoms with van der Waals surface area (Å²) in [6.45, 7) is 5.02. The summed E-state index contributed by atoms with van der Waals surface area (Å²) in [6, 6.07) is 0.607. The van der Waals surface area contributed by atoms with Gasteiger partial charge in [0.25, 0.3) is 0 Å². The molecule has 0 amide bonds. The Morgan fingerprint density at radius 2 is 2.40 bits per heavy atom. The van der Waals surface area contributed by atoms with Crippen LogP contribution in [0.2, 0.25) is 0 Å². The number of likely N-dealkylation sites (tertiary alicyclic amines) is 1. The molecule has 5 heteroatoms. The van der Waals surface area contributed by atoms with Crippen LogP contribution >= 0.6 is 0 Å². The third kappa shape index (κ3) is 2.18. The lowest BCUT2D eigenvalue weighted by Gasteiger charge is -2.19. The molecule has 0 radical (unpaired) electrons. The minimum absolute atomic E-state index is 0.607. The van der Waals surface area contributed by atoms with Crippen molar-refractivity contribution in [2.75, 3.05) is 13.1 Å². The fourth-order valence-corrected chi connectivity index (χ4v) is 2.24. The van der Waals surface area contributed by atoms with Gasteiger partial charge in [-0.3, -0.25) is 4.90 Å². The van der Waals surface area contributed by atoms with Gasteiger partial charge in [-0.2, -0.15) is 0 Å². The fraction of sp³-hybridized carbons (Fsp3) is 0.800. The Morgan fingerprint density at radius 1 is 1.60 bits per heavy atom. The molecule has 0 aromatic carbocycles. The minimum atomic E-state index is 0.607. The summed E-state index contributed by atoms with van der Waals surface area (Å²) in [5.41, 5.74) is 5.70. The van der Waals surface area contributed by atoms with Gasteiger partial charge in [0.15, 0.2) is 0 Å². The maximum atomic E-state index is 5.70. The molecule has 0 bridgehead atoms. The van der Waals surface area contributed by atoms with Gasteiger partial charge in [0.2, 0.25) is 0 Å². The average Bonchev–Trinajstić information content (AvgIpc) is 2.76.